The van der Waals surface area contributed by atoms with E-state index in [2.05, 4.69) is 22.1 Å². The zero-order valence-corrected chi connectivity index (χ0v) is 11.2. The third kappa shape index (κ3) is 1.54. The van der Waals surface area contributed by atoms with Crippen LogP contribution in [0.5, 0.6) is 5.75 Å². The molecule has 4 rings (SSSR count). The first-order valence-corrected chi connectivity index (χ1v) is 6.82. The summed E-state index contributed by atoms with van der Waals surface area (Å²) in [5, 5.41) is 17.3. The molecule has 1 aromatic carbocycles. The number of amides is 1. The van der Waals surface area contributed by atoms with E-state index in [0.29, 0.717) is 23.2 Å². The molecule has 2 aliphatic heterocycles. The fourth-order valence-corrected chi connectivity index (χ4v) is 3.42. The number of fused-ring (bicyclic) bond motifs is 3. The van der Waals surface area contributed by atoms with Gasteiger partial charge in [-0.3, -0.25) is 14.8 Å². The molecule has 3 heterocycles. The van der Waals surface area contributed by atoms with Gasteiger partial charge in [0.15, 0.2) is 5.69 Å². The van der Waals surface area contributed by atoms with E-state index in [4.69, 9.17) is 0 Å². The maximum atomic E-state index is 12.7. The molecule has 2 aliphatic rings. The molecule has 2 bridgehead atoms. The molecular weight excluding hydrogens is 256 g/mol. The molecule has 1 aromatic heterocycles. The van der Waals surface area contributed by atoms with Gasteiger partial charge in [-0.2, -0.15) is 5.10 Å². The van der Waals surface area contributed by atoms with Crippen molar-refractivity contribution < 1.29 is 9.90 Å². The monoisotopic (exact) mass is 272 g/mol. The van der Waals surface area contributed by atoms with Gasteiger partial charge in [-0.1, -0.05) is 0 Å². The minimum absolute atomic E-state index is 0.0394. The lowest BCUT2D eigenvalue weighted by molar-refractivity contribution is 0.0646. The van der Waals surface area contributed by atoms with Gasteiger partial charge in [0.05, 0.1) is 5.52 Å². The van der Waals surface area contributed by atoms with Crippen molar-refractivity contribution in [2.45, 2.75) is 18.5 Å². The molecule has 0 saturated carbocycles. The molecule has 6 heteroatoms. The average molecular weight is 272 g/mol. The molecule has 2 N–H and O–H groups in total. The zero-order chi connectivity index (χ0) is 13.9. The molecule has 1 amide bonds. The van der Waals surface area contributed by atoms with Crippen molar-refractivity contribution in [2.24, 2.45) is 0 Å². The van der Waals surface area contributed by atoms with E-state index >= 15 is 0 Å². The Morgan fingerprint density at radius 3 is 2.95 bits per heavy atom. The number of carbonyl (C=O) groups is 1. The van der Waals surface area contributed by atoms with Gasteiger partial charge < -0.3 is 10.0 Å². The Bertz CT molecular complexity index is 694. The number of carbonyl (C=O) groups excluding carboxylic acids is 1. The molecule has 20 heavy (non-hydrogen) atoms. The second-order valence-electron chi connectivity index (χ2n) is 5.74. The van der Waals surface area contributed by atoms with Crippen molar-refractivity contribution in [2.75, 3.05) is 20.1 Å². The number of hydrogen-bond donors (Lipinski definition) is 2. The first kappa shape index (κ1) is 11.7. The van der Waals surface area contributed by atoms with Crippen LogP contribution in [0.25, 0.3) is 10.9 Å². The van der Waals surface area contributed by atoms with Gasteiger partial charge in [0.25, 0.3) is 5.91 Å². The number of aromatic hydroxyl groups is 1. The summed E-state index contributed by atoms with van der Waals surface area (Å²) in [6, 6.07) is 5.68. The third-order valence-corrected chi connectivity index (χ3v) is 4.52. The van der Waals surface area contributed by atoms with Gasteiger partial charge in [0.2, 0.25) is 0 Å². The topological polar surface area (TPSA) is 72.5 Å². The molecular formula is C14H16N4O2. The SMILES string of the molecule is CN1CC2CC1CN2C(=O)c1n[nH]c2ccc(O)cc12. The average Bonchev–Trinajstić information content (AvgIpc) is 3.09. The minimum Gasteiger partial charge on any atom is -0.508 e. The van der Waals surface area contributed by atoms with Gasteiger partial charge in [-0.15, -0.1) is 0 Å². The fourth-order valence-electron chi connectivity index (χ4n) is 3.42. The zero-order valence-electron chi connectivity index (χ0n) is 11.2. The van der Waals surface area contributed by atoms with Crippen LogP contribution in [0.15, 0.2) is 18.2 Å². The largest absolute Gasteiger partial charge is 0.508 e. The lowest BCUT2D eigenvalue weighted by atomic mass is 10.1. The smallest absolute Gasteiger partial charge is 0.275 e. The number of benzene rings is 1. The Labute approximate surface area is 116 Å². The number of likely N-dealkylation sites (N-methyl/N-ethyl adjacent to an activating group) is 1. The molecule has 2 fully saturated rings. The predicted octanol–water partition coefficient (Wildman–Crippen LogP) is 0.797. The number of nitrogens with zero attached hydrogens (tertiary/aromatic N) is 3. The highest BCUT2D eigenvalue weighted by atomic mass is 16.3. The van der Waals surface area contributed by atoms with Gasteiger partial charge in [0, 0.05) is 30.6 Å². The first-order valence-electron chi connectivity index (χ1n) is 6.82. The number of nitrogens with one attached hydrogen (secondary N) is 1. The van der Waals surface area contributed by atoms with Gasteiger partial charge in [0.1, 0.15) is 5.75 Å². The molecule has 2 unspecified atom stereocenters. The first-order chi connectivity index (χ1) is 9.63. The Morgan fingerprint density at radius 2 is 2.25 bits per heavy atom. The summed E-state index contributed by atoms with van der Waals surface area (Å²) in [5.74, 6) is 0.109. The van der Waals surface area contributed by atoms with E-state index in [9.17, 15) is 9.90 Å². The van der Waals surface area contributed by atoms with Crippen molar-refractivity contribution in [3.05, 3.63) is 23.9 Å². The normalized spacial score (nSPS) is 25.8. The minimum atomic E-state index is -0.0394. The number of phenolic OH excluding ortho intramolecular Hbond substituents is 1. The molecule has 2 atom stereocenters. The number of hydrogen-bond acceptors (Lipinski definition) is 4. The third-order valence-electron chi connectivity index (χ3n) is 4.52. The maximum absolute atomic E-state index is 12.7. The van der Waals surface area contributed by atoms with E-state index in [1.807, 2.05) is 4.90 Å². The number of aromatic nitrogens is 2. The molecule has 2 aromatic rings. The van der Waals surface area contributed by atoms with Crippen LogP contribution in [0.2, 0.25) is 0 Å². The van der Waals surface area contributed by atoms with Gasteiger partial charge in [-0.05, 0) is 31.7 Å². The van der Waals surface area contributed by atoms with Crippen LogP contribution >= 0.6 is 0 Å². The van der Waals surface area contributed by atoms with Crippen molar-refractivity contribution in [3.8, 4) is 5.75 Å². The van der Waals surface area contributed by atoms with Crippen molar-refractivity contribution in [3.63, 3.8) is 0 Å². The lowest BCUT2D eigenvalue weighted by Gasteiger charge is -2.31. The van der Waals surface area contributed by atoms with Crippen LogP contribution < -0.4 is 0 Å². The molecule has 0 spiro atoms. The van der Waals surface area contributed by atoms with Crippen LogP contribution in [0.1, 0.15) is 16.9 Å². The summed E-state index contributed by atoms with van der Waals surface area (Å²) in [7, 11) is 2.11. The summed E-state index contributed by atoms with van der Waals surface area (Å²) >= 11 is 0. The molecule has 104 valence electrons. The Balaban J connectivity index is 1.70. The Kier molecular flexibility index (Phi) is 2.32. The van der Waals surface area contributed by atoms with E-state index in [1.165, 1.54) is 0 Å². The van der Waals surface area contributed by atoms with Crippen LogP contribution in [0.3, 0.4) is 0 Å². The van der Waals surface area contributed by atoms with E-state index in [-0.39, 0.29) is 11.7 Å². The van der Waals surface area contributed by atoms with Crippen LogP contribution in [0, 0.1) is 0 Å². The molecule has 0 radical (unpaired) electrons. The number of rotatable bonds is 1. The van der Waals surface area contributed by atoms with Crippen LogP contribution in [-0.4, -0.2) is 63.2 Å². The fraction of sp³-hybridized carbons (Fsp3) is 0.429. The second kappa shape index (κ2) is 3.96. The van der Waals surface area contributed by atoms with Crippen molar-refractivity contribution >= 4 is 16.8 Å². The number of phenols is 1. The van der Waals surface area contributed by atoms with Gasteiger partial charge in [-0.25, -0.2) is 0 Å². The summed E-state index contributed by atoms with van der Waals surface area (Å²) in [6.07, 6.45) is 1.05. The molecule has 6 nitrogen and oxygen atoms in total. The highest BCUT2D eigenvalue weighted by molar-refractivity contribution is 6.05. The Hall–Kier alpha value is -2.08. The van der Waals surface area contributed by atoms with E-state index in [1.54, 1.807) is 18.2 Å². The van der Waals surface area contributed by atoms with E-state index < -0.39 is 0 Å². The van der Waals surface area contributed by atoms with Crippen LogP contribution in [-0.2, 0) is 0 Å². The summed E-state index contributed by atoms with van der Waals surface area (Å²) < 4.78 is 0. The quantitative estimate of drug-likeness (QED) is 0.805. The molecule has 2 saturated heterocycles. The second-order valence-corrected chi connectivity index (χ2v) is 5.74. The highest BCUT2D eigenvalue weighted by Gasteiger charge is 2.44. The number of H-pyrrole nitrogens is 1. The predicted molar refractivity (Wildman–Crippen MR) is 73.6 cm³/mol. The van der Waals surface area contributed by atoms with Crippen molar-refractivity contribution in [1.29, 1.82) is 0 Å². The van der Waals surface area contributed by atoms with Crippen LogP contribution in [0.4, 0.5) is 0 Å². The standard InChI is InChI=1S/C14H16N4O2/c1-17-6-9-4-8(17)7-18(9)14(20)13-11-5-10(19)2-3-12(11)15-16-13/h2-3,5,8-9,19H,4,6-7H2,1H3,(H,15,16). The number of likely N-dealkylation sites (tertiary alicyclic amines) is 2. The summed E-state index contributed by atoms with van der Waals surface area (Å²) in [6.45, 7) is 1.71. The highest BCUT2D eigenvalue weighted by Crippen LogP contribution is 2.31. The maximum Gasteiger partial charge on any atom is 0.275 e. The molecule has 0 aliphatic carbocycles. The lowest BCUT2D eigenvalue weighted by Crippen LogP contribution is -2.47. The number of piperazine rings is 1. The number of aromatic amines is 1. The van der Waals surface area contributed by atoms with E-state index in [0.717, 1.165) is 25.0 Å². The summed E-state index contributed by atoms with van der Waals surface area (Å²) in [4.78, 5) is 16.9. The summed E-state index contributed by atoms with van der Waals surface area (Å²) in [5.41, 5.74) is 1.18. The Morgan fingerprint density at radius 1 is 1.40 bits per heavy atom. The van der Waals surface area contributed by atoms with Crippen molar-refractivity contribution in [1.82, 2.24) is 20.0 Å². The van der Waals surface area contributed by atoms with Gasteiger partial charge >= 0.3 is 0 Å².